The van der Waals surface area contributed by atoms with Crippen molar-refractivity contribution in [3.8, 4) is 0 Å². The van der Waals surface area contributed by atoms with Crippen LogP contribution in [-0.4, -0.2) is 32.0 Å². The SMILES string of the molecule is CC(CNCc1ccn(C2CCCC2)n1)S(C)=O. The molecular weight excluding hydrogens is 246 g/mol. The maximum atomic E-state index is 11.2. The molecule has 1 aliphatic carbocycles. The lowest BCUT2D eigenvalue weighted by Crippen LogP contribution is -2.27. The van der Waals surface area contributed by atoms with Crippen LogP contribution in [0.2, 0.25) is 0 Å². The number of rotatable bonds is 6. The van der Waals surface area contributed by atoms with Gasteiger partial charge in [-0.2, -0.15) is 5.10 Å². The van der Waals surface area contributed by atoms with Gasteiger partial charge < -0.3 is 5.32 Å². The summed E-state index contributed by atoms with van der Waals surface area (Å²) in [6.45, 7) is 3.54. The first-order chi connectivity index (χ1) is 8.66. The molecule has 1 aromatic heterocycles. The summed E-state index contributed by atoms with van der Waals surface area (Å²) in [5, 5.41) is 8.13. The molecule has 1 aliphatic rings. The van der Waals surface area contributed by atoms with E-state index in [4.69, 9.17) is 0 Å². The van der Waals surface area contributed by atoms with Gasteiger partial charge in [0.15, 0.2) is 0 Å². The van der Waals surface area contributed by atoms with Gasteiger partial charge in [0.2, 0.25) is 0 Å². The van der Waals surface area contributed by atoms with Gasteiger partial charge in [-0.05, 0) is 25.8 Å². The highest BCUT2D eigenvalue weighted by molar-refractivity contribution is 7.84. The second kappa shape index (κ2) is 6.48. The molecule has 0 aliphatic heterocycles. The monoisotopic (exact) mass is 269 g/mol. The molecule has 0 bridgehead atoms. The van der Waals surface area contributed by atoms with E-state index < -0.39 is 10.8 Å². The lowest BCUT2D eigenvalue weighted by atomic mass is 10.3. The van der Waals surface area contributed by atoms with Crippen molar-refractivity contribution in [2.24, 2.45) is 0 Å². The van der Waals surface area contributed by atoms with Crippen molar-refractivity contribution in [3.05, 3.63) is 18.0 Å². The van der Waals surface area contributed by atoms with Gasteiger partial charge in [-0.3, -0.25) is 8.89 Å². The molecule has 2 atom stereocenters. The first-order valence-corrected chi connectivity index (χ1v) is 8.36. The third kappa shape index (κ3) is 3.65. The van der Waals surface area contributed by atoms with Crippen molar-refractivity contribution in [3.63, 3.8) is 0 Å². The van der Waals surface area contributed by atoms with Crippen LogP contribution in [-0.2, 0) is 17.3 Å². The van der Waals surface area contributed by atoms with Gasteiger partial charge in [-0.1, -0.05) is 12.8 Å². The molecule has 1 saturated carbocycles. The van der Waals surface area contributed by atoms with E-state index in [2.05, 4.69) is 27.4 Å². The molecule has 1 N–H and O–H groups in total. The van der Waals surface area contributed by atoms with Crippen molar-refractivity contribution in [1.29, 1.82) is 0 Å². The summed E-state index contributed by atoms with van der Waals surface area (Å²) in [6, 6.07) is 2.69. The van der Waals surface area contributed by atoms with Crippen LogP contribution in [0.5, 0.6) is 0 Å². The summed E-state index contributed by atoms with van der Waals surface area (Å²) in [7, 11) is -0.753. The number of nitrogens with zero attached hydrogens (tertiary/aromatic N) is 2. The predicted octanol–water partition coefficient (Wildman–Crippen LogP) is 1.85. The Balaban J connectivity index is 1.78. The van der Waals surface area contributed by atoms with E-state index in [0.29, 0.717) is 6.04 Å². The van der Waals surface area contributed by atoms with Gasteiger partial charge >= 0.3 is 0 Å². The fourth-order valence-electron chi connectivity index (χ4n) is 2.36. The van der Waals surface area contributed by atoms with Gasteiger partial charge in [0.05, 0.1) is 11.7 Å². The quantitative estimate of drug-likeness (QED) is 0.857. The van der Waals surface area contributed by atoms with Crippen molar-refractivity contribution < 1.29 is 4.21 Å². The molecular formula is C13H23N3OS. The van der Waals surface area contributed by atoms with Crippen LogP contribution in [0, 0.1) is 0 Å². The Bertz CT molecular complexity index is 399. The predicted molar refractivity (Wildman–Crippen MR) is 75.0 cm³/mol. The van der Waals surface area contributed by atoms with E-state index in [9.17, 15) is 4.21 Å². The topological polar surface area (TPSA) is 46.9 Å². The first-order valence-electron chi connectivity index (χ1n) is 6.74. The van der Waals surface area contributed by atoms with Crippen LogP contribution in [0.15, 0.2) is 12.3 Å². The van der Waals surface area contributed by atoms with Gasteiger partial charge in [-0.15, -0.1) is 0 Å². The number of aromatic nitrogens is 2. The molecule has 1 heterocycles. The summed E-state index contributed by atoms with van der Waals surface area (Å²) in [6.07, 6.45) is 9.03. The van der Waals surface area contributed by atoms with Gasteiger partial charge in [-0.25, -0.2) is 0 Å². The Labute approximate surface area is 112 Å². The maximum Gasteiger partial charge on any atom is 0.0762 e. The fraction of sp³-hybridized carbons (Fsp3) is 0.769. The molecule has 1 aromatic rings. The van der Waals surface area contributed by atoms with E-state index >= 15 is 0 Å². The molecule has 1 fully saturated rings. The van der Waals surface area contributed by atoms with Crippen LogP contribution in [0.3, 0.4) is 0 Å². The maximum absolute atomic E-state index is 11.2. The minimum Gasteiger partial charge on any atom is -0.310 e. The average Bonchev–Trinajstić information content (AvgIpc) is 2.98. The summed E-state index contributed by atoms with van der Waals surface area (Å²) in [4.78, 5) is 0. The third-order valence-electron chi connectivity index (χ3n) is 3.67. The zero-order valence-corrected chi connectivity index (χ0v) is 12.1. The number of hydrogen-bond donors (Lipinski definition) is 1. The van der Waals surface area contributed by atoms with Crippen LogP contribution >= 0.6 is 0 Å². The van der Waals surface area contributed by atoms with Gasteiger partial charge in [0.25, 0.3) is 0 Å². The molecule has 0 amide bonds. The third-order valence-corrected chi connectivity index (χ3v) is 4.97. The van der Waals surface area contributed by atoms with Crippen LogP contribution < -0.4 is 5.32 Å². The highest BCUT2D eigenvalue weighted by Gasteiger charge is 2.17. The highest BCUT2D eigenvalue weighted by Crippen LogP contribution is 2.28. The van der Waals surface area contributed by atoms with Crippen molar-refractivity contribution in [1.82, 2.24) is 15.1 Å². The average molecular weight is 269 g/mol. The van der Waals surface area contributed by atoms with E-state index in [0.717, 1.165) is 18.8 Å². The summed E-state index contributed by atoms with van der Waals surface area (Å²) >= 11 is 0. The Morgan fingerprint density at radius 1 is 1.56 bits per heavy atom. The van der Waals surface area contributed by atoms with E-state index in [-0.39, 0.29) is 5.25 Å². The second-order valence-electron chi connectivity index (χ2n) is 5.17. The van der Waals surface area contributed by atoms with Gasteiger partial charge in [0, 0.05) is 41.6 Å². The van der Waals surface area contributed by atoms with E-state index in [1.54, 1.807) is 6.26 Å². The van der Waals surface area contributed by atoms with Crippen molar-refractivity contribution in [2.45, 2.75) is 50.4 Å². The molecule has 2 unspecified atom stereocenters. The second-order valence-corrected chi connectivity index (χ2v) is 6.97. The minimum absolute atomic E-state index is 0.196. The largest absolute Gasteiger partial charge is 0.310 e. The molecule has 0 spiro atoms. The lowest BCUT2D eigenvalue weighted by molar-refractivity contribution is 0.461. The van der Waals surface area contributed by atoms with Crippen LogP contribution in [0.1, 0.15) is 44.3 Å². The number of hydrogen-bond acceptors (Lipinski definition) is 3. The van der Waals surface area contributed by atoms with E-state index in [1.165, 1.54) is 25.7 Å². The van der Waals surface area contributed by atoms with Crippen LogP contribution in [0.25, 0.3) is 0 Å². The normalized spacial score (nSPS) is 20.1. The molecule has 0 aromatic carbocycles. The Morgan fingerprint density at radius 2 is 2.28 bits per heavy atom. The lowest BCUT2D eigenvalue weighted by Gasteiger charge is -2.10. The standard InChI is InChI=1S/C13H23N3OS/c1-11(18(2)17)9-14-10-12-7-8-16(15-12)13-5-3-4-6-13/h7-8,11,13-14H,3-6,9-10H2,1-2H3. The molecule has 0 radical (unpaired) electrons. The molecule has 5 heteroatoms. The smallest absolute Gasteiger partial charge is 0.0762 e. The summed E-state index contributed by atoms with van der Waals surface area (Å²) in [5.74, 6) is 0. The minimum atomic E-state index is -0.753. The molecule has 102 valence electrons. The molecule has 18 heavy (non-hydrogen) atoms. The Kier molecular flexibility index (Phi) is 4.95. The molecule has 4 nitrogen and oxygen atoms in total. The molecule has 2 rings (SSSR count). The first kappa shape index (κ1) is 13.7. The van der Waals surface area contributed by atoms with Crippen molar-refractivity contribution in [2.75, 3.05) is 12.8 Å². The zero-order valence-electron chi connectivity index (χ0n) is 11.3. The summed E-state index contributed by atoms with van der Waals surface area (Å²) < 4.78 is 13.3. The van der Waals surface area contributed by atoms with Gasteiger partial charge in [0.1, 0.15) is 0 Å². The van der Waals surface area contributed by atoms with Crippen molar-refractivity contribution >= 4 is 10.8 Å². The summed E-state index contributed by atoms with van der Waals surface area (Å²) in [5.41, 5.74) is 1.08. The fourth-order valence-corrected chi connectivity index (χ4v) is 2.72. The number of nitrogens with one attached hydrogen (secondary N) is 1. The highest BCUT2D eigenvalue weighted by atomic mass is 32.2. The molecule has 0 saturated heterocycles. The Morgan fingerprint density at radius 3 is 2.94 bits per heavy atom. The van der Waals surface area contributed by atoms with E-state index in [1.807, 2.05) is 6.92 Å². The van der Waals surface area contributed by atoms with Crippen LogP contribution in [0.4, 0.5) is 0 Å². The zero-order chi connectivity index (χ0) is 13.0. The Hall–Kier alpha value is -0.680.